The highest BCUT2D eigenvalue weighted by atomic mass is 16.5. The number of nitrogens with zero attached hydrogens (tertiary/aromatic N) is 6. The van der Waals surface area contributed by atoms with Gasteiger partial charge < -0.3 is 14.4 Å². The molecule has 0 N–H and O–H groups in total. The SMILES string of the molecule is COc1cccc(C(c2nnnn2Cc2ccccc2)N2CCN(C)CC2)c1OC. The van der Waals surface area contributed by atoms with Crippen molar-refractivity contribution in [3.05, 3.63) is 65.5 Å². The number of hydrogen-bond donors (Lipinski definition) is 0. The Bertz CT molecular complexity index is 953. The van der Waals surface area contributed by atoms with Crippen LogP contribution in [0.15, 0.2) is 48.5 Å². The van der Waals surface area contributed by atoms with E-state index in [1.54, 1.807) is 14.2 Å². The lowest BCUT2D eigenvalue weighted by Crippen LogP contribution is -2.46. The summed E-state index contributed by atoms with van der Waals surface area (Å²) in [4.78, 5) is 4.76. The molecule has 2 heterocycles. The van der Waals surface area contributed by atoms with Gasteiger partial charge in [0.1, 0.15) is 6.04 Å². The van der Waals surface area contributed by atoms with E-state index in [1.807, 2.05) is 35.0 Å². The van der Waals surface area contributed by atoms with Gasteiger partial charge in [0.25, 0.3) is 0 Å². The first-order valence-electron chi connectivity index (χ1n) is 10.1. The van der Waals surface area contributed by atoms with Gasteiger partial charge in [0.2, 0.25) is 0 Å². The second-order valence-corrected chi connectivity index (χ2v) is 7.50. The summed E-state index contributed by atoms with van der Waals surface area (Å²) in [7, 11) is 5.49. The third-order valence-corrected chi connectivity index (χ3v) is 5.61. The molecule has 1 fully saturated rings. The normalized spacial score (nSPS) is 16.4. The zero-order chi connectivity index (χ0) is 20.9. The van der Waals surface area contributed by atoms with Crippen molar-refractivity contribution in [1.82, 2.24) is 30.0 Å². The summed E-state index contributed by atoms with van der Waals surface area (Å²) in [6, 6.07) is 16.1. The lowest BCUT2D eigenvalue weighted by molar-refractivity contribution is 0.120. The van der Waals surface area contributed by atoms with Gasteiger partial charge in [-0.3, -0.25) is 4.90 Å². The zero-order valence-electron chi connectivity index (χ0n) is 17.7. The minimum atomic E-state index is -0.137. The van der Waals surface area contributed by atoms with E-state index in [1.165, 1.54) is 0 Å². The quantitative estimate of drug-likeness (QED) is 0.593. The summed E-state index contributed by atoms with van der Waals surface area (Å²) >= 11 is 0. The van der Waals surface area contributed by atoms with E-state index in [0.717, 1.165) is 48.9 Å². The molecule has 4 rings (SSSR count). The molecule has 8 nitrogen and oxygen atoms in total. The van der Waals surface area contributed by atoms with Gasteiger partial charge in [-0.15, -0.1) is 5.10 Å². The number of likely N-dealkylation sites (N-methyl/N-ethyl adjacent to an activating group) is 1. The Balaban J connectivity index is 1.77. The molecule has 1 aliphatic heterocycles. The number of ether oxygens (including phenoxy) is 2. The molecule has 30 heavy (non-hydrogen) atoms. The van der Waals surface area contributed by atoms with Crippen LogP contribution in [-0.4, -0.2) is 77.5 Å². The van der Waals surface area contributed by atoms with Crippen LogP contribution in [0.2, 0.25) is 0 Å². The summed E-state index contributed by atoms with van der Waals surface area (Å²) in [5.74, 6) is 2.23. The van der Waals surface area contributed by atoms with Gasteiger partial charge in [-0.25, -0.2) is 4.68 Å². The fraction of sp³-hybridized carbons (Fsp3) is 0.409. The molecule has 1 saturated heterocycles. The molecule has 1 atom stereocenters. The average molecular weight is 409 g/mol. The molecule has 2 aromatic carbocycles. The van der Waals surface area contributed by atoms with Crippen molar-refractivity contribution >= 4 is 0 Å². The van der Waals surface area contributed by atoms with E-state index in [9.17, 15) is 0 Å². The highest BCUT2D eigenvalue weighted by Crippen LogP contribution is 2.39. The molecular weight excluding hydrogens is 380 g/mol. The first kappa shape index (κ1) is 20.3. The molecule has 0 spiro atoms. The number of methoxy groups -OCH3 is 2. The molecule has 3 aromatic rings. The van der Waals surface area contributed by atoms with Crippen molar-refractivity contribution < 1.29 is 9.47 Å². The van der Waals surface area contributed by atoms with Crippen LogP contribution in [0.3, 0.4) is 0 Å². The maximum absolute atomic E-state index is 5.78. The van der Waals surface area contributed by atoms with E-state index in [2.05, 4.69) is 50.6 Å². The lowest BCUT2D eigenvalue weighted by atomic mass is 10.0. The van der Waals surface area contributed by atoms with Gasteiger partial charge >= 0.3 is 0 Å². The van der Waals surface area contributed by atoms with Gasteiger partial charge in [0.05, 0.1) is 20.8 Å². The summed E-state index contributed by atoms with van der Waals surface area (Å²) in [5.41, 5.74) is 2.16. The molecule has 1 aromatic heterocycles. The predicted octanol–water partition coefficient (Wildman–Crippen LogP) is 2.08. The maximum Gasteiger partial charge on any atom is 0.173 e. The van der Waals surface area contributed by atoms with E-state index < -0.39 is 0 Å². The van der Waals surface area contributed by atoms with Crippen LogP contribution in [0.4, 0.5) is 0 Å². The second kappa shape index (κ2) is 9.23. The molecule has 1 aliphatic rings. The number of piperazine rings is 1. The summed E-state index contributed by atoms with van der Waals surface area (Å²) < 4.78 is 13.2. The van der Waals surface area contributed by atoms with E-state index in [-0.39, 0.29) is 6.04 Å². The monoisotopic (exact) mass is 408 g/mol. The van der Waals surface area contributed by atoms with Crippen molar-refractivity contribution in [2.75, 3.05) is 47.4 Å². The first-order chi connectivity index (χ1) is 14.7. The van der Waals surface area contributed by atoms with Crippen LogP contribution >= 0.6 is 0 Å². The van der Waals surface area contributed by atoms with Crippen molar-refractivity contribution in [3.63, 3.8) is 0 Å². The smallest absolute Gasteiger partial charge is 0.173 e. The average Bonchev–Trinajstić information content (AvgIpc) is 3.23. The largest absolute Gasteiger partial charge is 0.493 e. The Morgan fingerprint density at radius 3 is 2.40 bits per heavy atom. The van der Waals surface area contributed by atoms with Gasteiger partial charge in [0, 0.05) is 31.7 Å². The predicted molar refractivity (Wildman–Crippen MR) is 114 cm³/mol. The Labute approximate surface area is 177 Å². The summed E-state index contributed by atoms with van der Waals surface area (Å²) in [6.45, 7) is 4.42. The van der Waals surface area contributed by atoms with Crippen LogP contribution < -0.4 is 9.47 Å². The van der Waals surface area contributed by atoms with Crippen LogP contribution in [0, 0.1) is 0 Å². The Morgan fingerprint density at radius 1 is 0.933 bits per heavy atom. The van der Waals surface area contributed by atoms with Crippen molar-refractivity contribution in [1.29, 1.82) is 0 Å². The van der Waals surface area contributed by atoms with Crippen molar-refractivity contribution in [2.24, 2.45) is 0 Å². The Morgan fingerprint density at radius 2 is 1.70 bits per heavy atom. The van der Waals surface area contributed by atoms with Crippen molar-refractivity contribution in [2.45, 2.75) is 12.6 Å². The second-order valence-electron chi connectivity index (χ2n) is 7.50. The topological polar surface area (TPSA) is 68.5 Å². The van der Waals surface area contributed by atoms with Crippen LogP contribution in [-0.2, 0) is 6.54 Å². The van der Waals surface area contributed by atoms with E-state index >= 15 is 0 Å². The molecule has 1 unspecified atom stereocenters. The molecule has 0 radical (unpaired) electrons. The Kier molecular flexibility index (Phi) is 6.25. The summed E-state index contributed by atoms with van der Waals surface area (Å²) in [6.07, 6.45) is 0. The third kappa shape index (κ3) is 4.15. The fourth-order valence-corrected chi connectivity index (χ4v) is 3.98. The first-order valence-corrected chi connectivity index (χ1v) is 10.1. The highest BCUT2D eigenvalue weighted by molar-refractivity contribution is 5.49. The molecule has 0 bridgehead atoms. The highest BCUT2D eigenvalue weighted by Gasteiger charge is 2.33. The van der Waals surface area contributed by atoms with Crippen LogP contribution in [0.25, 0.3) is 0 Å². The van der Waals surface area contributed by atoms with Gasteiger partial charge in [-0.2, -0.15) is 0 Å². The molecule has 158 valence electrons. The van der Waals surface area contributed by atoms with Crippen LogP contribution in [0.5, 0.6) is 11.5 Å². The molecule has 0 aliphatic carbocycles. The Hall–Kier alpha value is -2.97. The maximum atomic E-state index is 5.78. The van der Waals surface area contributed by atoms with Gasteiger partial charge in [0.15, 0.2) is 17.3 Å². The molecule has 8 heteroatoms. The number of para-hydroxylation sites is 1. The third-order valence-electron chi connectivity index (χ3n) is 5.61. The molecule has 0 amide bonds. The van der Waals surface area contributed by atoms with E-state index in [4.69, 9.17) is 9.47 Å². The number of benzene rings is 2. The van der Waals surface area contributed by atoms with Crippen LogP contribution in [0.1, 0.15) is 23.0 Å². The number of tetrazole rings is 1. The minimum absolute atomic E-state index is 0.137. The van der Waals surface area contributed by atoms with E-state index in [0.29, 0.717) is 12.3 Å². The summed E-state index contributed by atoms with van der Waals surface area (Å²) in [5, 5.41) is 12.8. The standard InChI is InChI=1S/C22H28N6O2/c1-26-12-14-27(15-13-26)20(18-10-7-11-19(29-2)21(18)30-3)22-23-24-25-28(22)16-17-8-5-4-6-9-17/h4-11,20H,12-16H2,1-3H3. The zero-order valence-corrected chi connectivity index (χ0v) is 17.7. The van der Waals surface area contributed by atoms with Crippen molar-refractivity contribution in [3.8, 4) is 11.5 Å². The fourth-order valence-electron chi connectivity index (χ4n) is 3.98. The minimum Gasteiger partial charge on any atom is -0.493 e. The molecular formula is C22H28N6O2. The van der Waals surface area contributed by atoms with Gasteiger partial charge in [-0.05, 0) is 29.1 Å². The molecule has 0 saturated carbocycles. The number of hydrogen-bond acceptors (Lipinski definition) is 7. The lowest BCUT2D eigenvalue weighted by Gasteiger charge is -2.38. The van der Waals surface area contributed by atoms with Gasteiger partial charge in [-0.1, -0.05) is 42.5 Å². The number of rotatable bonds is 7. The number of aromatic nitrogens is 4.